The highest BCUT2D eigenvalue weighted by atomic mass is 35.5. The number of thiocarbonyl (C=S) groups is 1. The SMILES string of the molecule is COc1ccc(NC(=S)NCc2nc(-c3ccccc3Cl)no2)cc1Cl. The van der Waals surface area contributed by atoms with Crippen LogP contribution < -0.4 is 15.4 Å². The topological polar surface area (TPSA) is 72.2 Å². The van der Waals surface area contributed by atoms with Crippen LogP contribution in [-0.2, 0) is 6.54 Å². The van der Waals surface area contributed by atoms with Gasteiger partial charge in [-0.15, -0.1) is 0 Å². The minimum atomic E-state index is 0.271. The molecule has 3 aromatic rings. The van der Waals surface area contributed by atoms with Crippen molar-refractivity contribution >= 4 is 46.2 Å². The van der Waals surface area contributed by atoms with Crippen molar-refractivity contribution in [1.82, 2.24) is 15.5 Å². The monoisotopic (exact) mass is 408 g/mol. The quantitative estimate of drug-likeness (QED) is 0.600. The van der Waals surface area contributed by atoms with Gasteiger partial charge in [-0.05, 0) is 42.5 Å². The Balaban J connectivity index is 1.58. The molecule has 0 saturated carbocycles. The van der Waals surface area contributed by atoms with Crippen LogP contribution >= 0.6 is 35.4 Å². The molecule has 26 heavy (non-hydrogen) atoms. The average Bonchev–Trinajstić information content (AvgIpc) is 3.09. The molecule has 3 rings (SSSR count). The number of rotatable bonds is 5. The van der Waals surface area contributed by atoms with Crippen LogP contribution in [0.15, 0.2) is 47.0 Å². The number of halogens is 2. The summed E-state index contributed by atoms with van der Waals surface area (Å²) in [5, 5.41) is 11.4. The van der Waals surface area contributed by atoms with E-state index in [-0.39, 0.29) is 6.54 Å². The van der Waals surface area contributed by atoms with Gasteiger partial charge in [-0.25, -0.2) is 0 Å². The maximum atomic E-state index is 6.13. The first-order valence-electron chi connectivity index (χ1n) is 7.52. The van der Waals surface area contributed by atoms with Gasteiger partial charge in [-0.1, -0.05) is 40.5 Å². The van der Waals surface area contributed by atoms with Crippen molar-refractivity contribution < 1.29 is 9.26 Å². The molecular weight excluding hydrogens is 395 g/mol. The Labute approximate surface area is 165 Å². The van der Waals surface area contributed by atoms with Gasteiger partial charge in [0.2, 0.25) is 11.7 Å². The first kappa shape index (κ1) is 18.4. The van der Waals surface area contributed by atoms with E-state index in [1.54, 1.807) is 31.4 Å². The lowest BCUT2D eigenvalue weighted by Crippen LogP contribution is -2.28. The van der Waals surface area contributed by atoms with Gasteiger partial charge in [-0.3, -0.25) is 0 Å². The lowest BCUT2D eigenvalue weighted by Gasteiger charge is -2.10. The van der Waals surface area contributed by atoms with Crippen LogP contribution in [0.25, 0.3) is 11.4 Å². The summed E-state index contributed by atoms with van der Waals surface area (Å²) < 4.78 is 10.3. The zero-order chi connectivity index (χ0) is 18.5. The van der Waals surface area contributed by atoms with Crippen LogP contribution in [-0.4, -0.2) is 22.4 Å². The smallest absolute Gasteiger partial charge is 0.246 e. The average molecular weight is 409 g/mol. The number of hydrogen-bond donors (Lipinski definition) is 2. The van der Waals surface area contributed by atoms with E-state index < -0.39 is 0 Å². The second-order valence-corrected chi connectivity index (χ2v) is 6.37. The Morgan fingerprint density at radius 3 is 2.73 bits per heavy atom. The van der Waals surface area contributed by atoms with Gasteiger partial charge in [0.25, 0.3) is 0 Å². The van der Waals surface area contributed by atoms with Gasteiger partial charge in [0, 0.05) is 11.3 Å². The zero-order valence-electron chi connectivity index (χ0n) is 13.6. The third-order valence-corrected chi connectivity index (χ3v) is 4.26. The molecule has 0 atom stereocenters. The Bertz CT molecular complexity index is 933. The van der Waals surface area contributed by atoms with Crippen LogP contribution in [0.2, 0.25) is 10.0 Å². The highest BCUT2D eigenvalue weighted by Crippen LogP contribution is 2.27. The van der Waals surface area contributed by atoms with E-state index in [4.69, 9.17) is 44.7 Å². The molecule has 0 bridgehead atoms. The van der Waals surface area contributed by atoms with Crippen LogP contribution in [0, 0.1) is 0 Å². The first-order chi connectivity index (χ1) is 12.6. The summed E-state index contributed by atoms with van der Waals surface area (Å²) >= 11 is 17.5. The normalized spacial score (nSPS) is 10.4. The van der Waals surface area contributed by atoms with E-state index in [0.29, 0.717) is 38.2 Å². The molecule has 134 valence electrons. The van der Waals surface area contributed by atoms with E-state index in [1.807, 2.05) is 18.2 Å². The Hall–Kier alpha value is -2.35. The molecule has 0 aliphatic carbocycles. The van der Waals surface area contributed by atoms with Crippen molar-refractivity contribution in [2.75, 3.05) is 12.4 Å². The molecule has 0 aliphatic rings. The summed E-state index contributed by atoms with van der Waals surface area (Å²) in [7, 11) is 1.56. The summed E-state index contributed by atoms with van der Waals surface area (Å²) in [4.78, 5) is 4.31. The van der Waals surface area contributed by atoms with Crippen molar-refractivity contribution in [2.45, 2.75) is 6.54 Å². The standard InChI is InChI=1S/C17H14Cl2N4O2S/c1-24-14-7-6-10(8-13(14)19)21-17(26)20-9-15-22-16(23-25-15)11-4-2-3-5-12(11)18/h2-8H,9H2,1H3,(H2,20,21,26). The molecule has 0 radical (unpaired) electrons. The molecule has 0 spiro atoms. The zero-order valence-corrected chi connectivity index (χ0v) is 16.0. The molecule has 6 nitrogen and oxygen atoms in total. The van der Waals surface area contributed by atoms with Crippen molar-refractivity contribution in [1.29, 1.82) is 0 Å². The molecule has 9 heteroatoms. The van der Waals surface area contributed by atoms with Gasteiger partial charge in [0.15, 0.2) is 5.11 Å². The van der Waals surface area contributed by atoms with E-state index in [2.05, 4.69) is 20.8 Å². The molecule has 0 saturated heterocycles. The highest BCUT2D eigenvalue weighted by Gasteiger charge is 2.11. The number of hydrogen-bond acceptors (Lipinski definition) is 5. The molecule has 0 fully saturated rings. The van der Waals surface area contributed by atoms with Gasteiger partial charge in [-0.2, -0.15) is 4.98 Å². The predicted octanol–water partition coefficient (Wildman–Crippen LogP) is 4.54. The molecule has 0 unspecified atom stereocenters. The third-order valence-electron chi connectivity index (χ3n) is 3.39. The predicted molar refractivity (Wildman–Crippen MR) is 106 cm³/mol. The van der Waals surface area contributed by atoms with E-state index in [9.17, 15) is 0 Å². The minimum Gasteiger partial charge on any atom is -0.495 e. The van der Waals surface area contributed by atoms with Gasteiger partial charge in [0.1, 0.15) is 5.75 Å². The summed E-state index contributed by atoms with van der Waals surface area (Å²) in [6, 6.07) is 12.6. The number of nitrogens with zero attached hydrogens (tertiary/aromatic N) is 2. The number of aromatic nitrogens is 2. The maximum Gasteiger partial charge on any atom is 0.246 e. The Kier molecular flexibility index (Phi) is 5.92. The summed E-state index contributed by atoms with van der Waals surface area (Å²) in [5.74, 6) is 1.40. The lowest BCUT2D eigenvalue weighted by atomic mass is 10.2. The fourth-order valence-corrected chi connectivity index (χ4v) is 2.82. The first-order valence-corrected chi connectivity index (χ1v) is 8.69. The minimum absolute atomic E-state index is 0.271. The lowest BCUT2D eigenvalue weighted by molar-refractivity contribution is 0.376. The van der Waals surface area contributed by atoms with Crippen LogP contribution in [0.5, 0.6) is 5.75 Å². The van der Waals surface area contributed by atoms with Crippen molar-refractivity contribution in [3.63, 3.8) is 0 Å². The molecular formula is C17H14Cl2N4O2S. The van der Waals surface area contributed by atoms with Crippen molar-refractivity contribution in [3.05, 3.63) is 58.4 Å². The largest absolute Gasteiger partial charge is 0.495 e. The maximum absolute atomic E-state index is 6.13. The second-order valence-electron chi connectivity index (χ2n) is 5.15. The molecule has 1 aromatic heterocycles. The third kappa shape index (κ3) is 4.43. The molecule has 1 heterocycles. The summed E-state index contributed by atoms with van der Waals surface area (Å²) in [6.45, 7) is 0.271. The molecule has 2 aromatic carbocycles. The van der Waals surface area contributed by atoms with Crippen LogP contribution in [0.4, 0.5) is 5.69 Å². The van der Waals surface area contributed by atoms with Gasteiger partial charge >= 0.3 is 0 Å². The summed E-state index contributed by atoms with van der Waals surface area (Å²) in [6.07, 6.45) is 0. The molecule has 2 N–H and O–H groups in total. The van der Waals surface area contributed by atoms with Crippen molar-refractivity contribution in [2.24, 2.45) is 0 Å². The summed E-state index contributed by atoms with van der Waals surface area (Å²) in [5.41, 5.74) is 1.44. The Morgan fingerprint density at radius 1 is 1.19 bits per heavy atom. The number of nitrogens with one attached hydrogen (secondary N) is 2. The molecule has 0 amide bonds. The highest BCUT2D eigenvalue weighted by molar-refractivity contribution is 7.80. The van der Waals surface area contributed by atoms with E-state index in [1.165, 1.54) is 0 Å². The van der Waals surface area contributed by atoms with Gasteiger partial charge in [0.05, 0.1) is 23.7 Å². The number of methoxy groups -OCH3 is 1. The van der Waals surface area contributed by atoms with Crippen LogP contribution in [0.3, 0.4) is 0 Å². The van der Waals surface area contributed by atoms with Crippen LogP contribution in [0.1, 0.15) is 5.89 Å². The Morgan fingerprint density at radius 2 is 2.00 bits per heavy atom. The number of anilines is 1. The fourth-order valence-electron chi connectivity index (χ4n) is 2.15. The number of benzene rings is 2. The fraction of sp³-hybridized carbons (Fsp3) is 0.118. The van der Waals surface area contributed by atoms with E-state index in [0.717, 1.165) is 5.69 Å². The molecule has 0 aliphatic heterocycles. The van der Waals surface area contributed by atoms with Crippen molar-refractivity contribution in [3.8, 4) is 17.1 Å². The second kappa shape index (κ2) is 8.35. The van der Waals surface area contributed by atoms with E-state index >= 15 is 0 Å². The number of ether oxygens (including phenoxy) is 1. The van der Waals surface area contributed by atoms with Gasteiger partial charge < -0.3 is 19.9 Å².